The summed E-state index contributed by atoms with van der Waals surface area (Å²) in [6.45, 7) is 4.73. The molecular weight excluding hydrogens is 234 g/mol. The molecule has 0 spiro atoms. The van der Waals surface area contributed by atoms with E-state index in [2.05, 4.69) is 5.32 Å². The highest BCUT2D eigenvalue weighted by molar-refractivity contribution is 4.81. The summed E-state index contributed by atoms with van der Waals surface area (Å²) in [6.07, 6.45) is 3.19. The molecule has 0 radical (unpaired) electrons. The third-order valence-electron chi connectivity index (χ3n) is 3.25. The van der Waals surface area contributed by atoms with Gasteiger partial charge in [0.05, 0.1) is 32.0 Å². The van der Waals surface area contributed by atoms with Crippen LogP contribution in [0.3, 0.4) is 0 Å². The topological polar surface area (TPSA) is 60.0 Å². The summed E-state index contributed by atoms with van der Waals surface area (Å²) in [5, 5.41) is 13.1. The molecule has 3 unspecified atom stereocenters. The van der Waals surface area contributed by atoms with Crippen molar-refractivity contribution in [3.8, 4) is 0 Å². The molecule has 1 aliphatic carbocycles. The summed E-state index contributed by atoms with van der Waals surface area (Å²) in [5.41, 5.74) is 0. The molecule has 108 valence electrons. The van der Waals surface area contributed by atoms with E-state index in [9.17, 15) is 5.11 Å². The summed E-state index contributed by atoms with van der Waals surface area (Å²) in [6, 6.07) is 0.466. The molecule has 3 atom stereocenters. The van der Waals surface area contributed by atoms with E-state index in [1.54, 1.807) is 7.11 Å². The van der Waals surface area contributed by atoms with Crippen molar-refractivity contribution in [2.24, 2.45) is 0 Å². The number of ether oxygens (including phenoxy) is 3. The second-order valence-electron chi connectivity index (χ2n) is 4.70. The standard InChI is InChI=1S/C13H27NO4/c1-3-17-6-7-18-10-12(15)9-14-11-4-5-13(8-11)16-2/h11-15H,3-10H2,1-2H3. The zero-order chi connectivity index (χ0) is 13.2. The molecule has 0 aromatic rings. The van der Waals surface area contributed by atoms with E-state index < -0.39 is 6.10 Å². The third-order valence-corrected chi connectivity index (χ3v) is 3.25. The highest BCUT2D eigenvalue weighted by atomic mass is 16.5. The van der Waals surface area contributed by atoms with Gasteiger partial charge in [-0.25, -0.2) is 0 Å². The van der Waals surface area contributed by atoms with Gasteiger partial charge in [-0.3, -0.25) is 0 Å². The second kappa shape index (κ2) is 9.69. The van der Waals surface area contributed by atoms with Crippen LogP contribution in [-0.2, 0) is 14.2 Å². The Balaban J connectivity index is 1.95. The summed E-state index contributed by atoms with van der Waals surface area (Å²) in [5.74, 6) is 0. The fourth-order valence-electron chi connectivity index (χ4n) is 2.18. The van der Waals surface area contributed by atoms with Crippen molar-refractivity contribution in [2.75, 3.05) is 40.1 Å². The zero-order valence-corrected chi connectivity index (χ0v) is 11.6. The highest BCUT2D eigenvalue weighted by Crippen LogP contribution is 2.21. The van der Waals surface area contributed by atoms with Crippen LogP contribution in [0.5, 0.6) is 0 Å². The molecule has 2 N–H and O–H groups in total. The Morgan fingerprint density at radius 1 is 1.28 bits per heavy atom. The van der Waals surface area contributed by atoms with Crippen LogP contribution < -0.4 is 5.32 Å². The van der Waals surface area contributed by atoms with E-state index in [1.807, 2.05) is 6.92 Å². The van der Waals surface area contributed by atoms with Crippen LogP contribution >= 0.6 is 0 Å². The smallest absolute Gasteiger partial charge is 0.0897 e. The quantitative estimate of drug-likeness (QED) is 0.563. The summed E-state index contributed by atoms with van der Waals surface area (Å²) < 4.78 is 15.8. The maximum atomic E-state index is 9.73. The Kier molecular flexibility index (Phi) is 8.54. The lowest BCUT2D eigenvalue weighted by molar-refractivity contribution is 0.00560. The first-order valence-corrected chi connectivity index (χ1v) is 6.86. The highest BCUT2D eigenvalue weighted by Gasteiger charge is 2.24. The molecule has 1 saturated carbocycles. The molecule has 0 saturated heterocycles. The maximum Gasteiger partial charge on any atom is 0.0897 e. The van der Waals surface area contributed by atoms with E-state index in [-0.39, 0.29) is 0 Å². The van der Waals surface area contributed by atoms with E-state index in [0.29, 0.717) is 45.1 Å². The van der Waals surface area contributed by atoms with Crippen molar-refractivity contribution >= 4 is 0 Å². The van der Waals surface area contributed by atoms with Crippen LogP contribution in [0.4, 0.5) is 0 Å². The van der Waals surface area contributed by atoms with Crippen LogP contribution in [0.1, 0.15) is 26.2 Å². The molecular formula is C13H27NO4. The fourth-order valence-corrected chi connectivity index (χ4v) is 2.18. The van der Waals surface area contributed by atoms with E-state index >= 15 is 0 Å². The summed E-state index contributed by atoms with van der Waals surface area (Å²) in [7, 11) is 1.76. The molecule has 5 heteroatoms. The average Bonchev–Trinajstić information content (AvgIpc) is 2.84. The molecule has 0 aromatic carbocycles. The molecule has 1 rings (SSSR count). The number of rotatable bonds is 10. The first-order chi connectivity index (χ1) is 8.76. The van der Waals surface area contributed by atoms with Gasteiger partial charge in [0, 0.05) is 26.3 Å². The molecule has 18 heavy (non-hydrogen) atoms. The molecule has 0 aromatic heterocycles. The van der Waals surface area contributed by atoms with Crippen molar-refractivity contribution in [1.82, 2.24) is 5.32 Å². The van der Waals surface area contributed by atoms with Gasteiger partial charge in [0.15, 0.2) is 0 Å². The predicted octanol–water partition coefficient (Wildman–Crippen LogP) is 0.558. The summed E-state index contributed by atoms with van der Waals surface area (Å²) >= 11 is 0. The lowest BCUT2D eigenvalue weighted by atomic mass is 10.2. The number of nitrogens with one attached hydrogen (secondary N) is 1. The molecule has 0 bridgehead atoms. The minimum absolute atomic E-state index is 0.362. The van der Waals surface area contributed by atoms with E-state index in [4.69, 9.17) is 14.2 Å². The Hall–Kier alpha value is -0.200. The van der Waals surface area contributed by atoms with Gasteiger partial charge in [-0.15, -0.1) is 0 Å². The van der Waals surface area contributed by atoms with Crippen LogP contribution in [0, 0.1) is 0 Å². The number of hydrogen-bond acceptors (Lipinski definition) is 5. The SMILES string of the molecule is CCOCCOCC(O)CNC1CCC(OC)C1. The van der Waals surface area contributed by atoms with Crippen molar-refractivity contribution in [3.05, 3.63) is 0 Å². The van der Waals surface area contributed by atoms with Crippen molar-refractivity contribution in [2.45, 2.75) is 44.4 Å². The Morgan fingerprint density at radius 2 is 2.06 bits per heavy atom. The van der Waals surface area contributed by atoms with Crippen LogP contribution in [0.2, 0.25) is 0 Å². The Bertz CT molecular complexity index is 203. The molecule has 5 nitrogen and oxygen atoms in total. The van der Waals surface area contributed by atoms with Gasteiger partial charge < -0.3 is 24.6 Å². The van der Waals surface area contributed by atoms with Gasteiger partial charge in [0.1, 0.15) is 0 Å². The van der Waals surface area contributed by atoms with E-state index in [1.165, 1.54) is 0 Å². The van der Waals surface area contributed by atoms with Crippen LogP contribution in [0.15, 0.2) is 0 Å². The lowest BCUT2D eigenvalue weighted by Crippen LogP contribution is -2.36. The molecule has 0 aliphatic heterocycles. The summed E-state index contributed by atoms with van der Waals surface area (Å²) in [4.78, 5) is 0. The minimum atomic E-state index is -0.451. The van der Waals surface area contributed by atoms with Gasteiger partial charge in [-0.1, -0.05) is 0 Å². The number of methoxy groups -OCH3 is 1. The maximum absolute atomic E-state index is 9.73. The fraction of sp³-hybridized carbons (Fsp3) is 1.00. The first kappa shape index (κ1) is 15.9. The largest absolute Gasteiger partial charge is 0.389 e. The minimum Gasteiger partial charge on any atom is -0.389 e. The molecule has 1 fully saturated rings. The van der Waals surface area contributed by atoms with E-state index in [0.717, 1.165) is 19.3 Å². The average molecular weight is 261 g/mol. The molecule has 0 amide bonds. The number of hydrogen-bond donors (Lipinski definition) is 2. The van der Waals surface area contributed by atoms with Gasteiger partial charge in [-0.2, -0.15) is 0 Å². The van der Waals surface area contributed by atoms with Gasteiger partial charge in [0.2, 0.25) is 0 Å². The van der Waals surface area contributed by atoms with Gasteiger partial charge >= 0.3 is 0 Å². The van der Waals surface area contributed by atoms with Crippen molar-refractivity contribution in [1.29, 1.82) is 0 Å². The van der Waals surface area contributed by atoms with Gasteiger partial charge in [-0.05, 0) is 26.2 Å². The Morgan fingerprint density at radius 3 is 2.72 bits per heavy atom. The lowest BCUT2D eigenvalue weighted by Gasteiger charge is -2.16. The van der Waals surface area contributed by atoms with Crippen molar-refractivity contribution < 1.29 is 19.3 Å². The molecule has 1 aliphatic rings. The Labute approximate surface area is 110 Å². The first-order valence-electron chi connectivity index (χ1n) is 6.86. The normalized spacial score (nSPS) is 25.5. The zero-order valence-electron chi connectivity index (χ0n) is 11.6. The number of aliphatic hydroxyl groups excluding tert-OH is 1. The monoisotopic (exact) mass is 261 g/mol. The second-order valence-corrected chi connectivity index (χ2v) is 4.70. The van der Waals surface area contributed by atoms with Crippen molar-refractivity contribution in [3.63, 3.8) is 0 Å². The van der Waals surface area contributed by atoms with Crippen LogP contribution in [-0.4, -0.2) is 63.4 Å². The van der Waals surface area contributed by atoms with Crippen LogP contribution in [0.25, 0.3) is 0 Å². The predicted molar refractivity (Wildman–Crippen MR) is 69.8 cm³/mol. The third kappa shape index (κ3) is 6.66. The number of aliphatic hydroxyl groups is 1. The molecule has 0 heterocycles. The van der Waals surface area contributed by atoms with Gasteiger partial charge in [0.25, 0.3) is 0 Å².